The Kier molecular flexibility index (Phi) is 2.28. The van der Waals surface area contributed by atoms with Gasteiger partial charge >= 0.3 is 11.7 Å². The lowest BCUT2D eigenvalue weighted by molar-refractivity contribution is 0.0652. The van der Waals surface area contributed by atoms with Crippen LogP contribution in [0.15, 0.2) is 38.0 Å². The van der Waals surface area contributed by atoms with E-state index in [4.69, 9.17) is 9.52 Å². The first-order valence-electron chi connectivity index (χ1n) is 5.36. The molecule has 0 aliphatic rings. The highest BCUT2D eigenvalue weighted by molar-refractivity contribution is 5.86. The van der Waals surface area contributed by atoms with Crippen LogP contribution in [-0.2, 0) is 7.05 Å². The van der Waals surface area contributed by atoms with E-state index in [1.165, 1.54) is 10.6 Å². The van der Waals surface area contributed by atoms with Crippen LogP contribution in [0.5, 0.6) is 0 Å². The van der Waals surface area contributed by atoms with E-state index in [1.807, 2.05) is 0 Å². The number of carboxylic acids is 1. The van der Waals surface area contributed by atoms with Crippen LogP contribution in [0.4, 0.5) is 0 Å². The van der Waals surface area contributed by atoms with Gasteiger partial charge in [-0.15, -0.1) is 0 Å². The quantitative estimate of drug-likeness (QED) is 0.749. The lowest BCUT2D eigenvalue weighted by Gasteiger charge is -1.95. The Morgan fingerprint density at radius 3 is 2.84 bits per heavy atom. The number of aromatic nitrogens is 2. The van der Waals surface area contributed by atoms with Gasteiger partial charge in [0.15, 0.2) is 5.58 Å². The van der Waals surface area contributed by atoms with Gasteiger partial charge in [-0.25, -0.2) is 9.59 Å². The van der Waals surface area contributed by atoms with E-state index in [0.29, 0.717) is 22.4 Å². The van der Waals surface area contributed by atoms with Crippen LogP contribution in [0.2, 0.25) is 0 Å². The third-order valence-electron chi connectivity index (χ3n) is 2.81. The summed E-state index contributed by atoms with van der Waals surface area (Å²) in [5, 5.41) is 12.4. The van der Waals surface area contributed by atoms with Crippen molar-refractivity contribution in [1.29, 1.82) is 0 Å². The van der Waals surface area contributed by atoms with Crippen molar-refractivity contribution in [2.45, 2.75) is 0 Å². The molecule has 3 aromatic rings. The molecule has 0 saturated carbocycles. The van der Waals surface area contributed by atoms with Gasteiger partial charge in [0.2, 0.25) is 5.76 Å². The molecular weight excluding hydrogens is 252 g/mol. The van der Waals surface area contributed by atoms with Gasteiger partial charge in [0.1, 0.15) is 5.69 Å². The third-order valence-corrected chi connectivity index (χ3v) is 2.81. The van der Waals surface area contributed by atoms with Crippen molar-refractivity contribution < 1.29 is 18.8 Å². The van der Waals surface area contributed by atoms with Crippen molar-refractivity contribution in [3.05, 3.63) is 40.6 Å². The van der Waals surface area contributed by atoms with Crippen molar-refractivity contribution in [3.63, 3.8) is 0 Å². The minimum Gasteiger partial charge on any atom is -0.475 e. The van der Waals surface area contributed by atoms with E-state index in [1.54, 1.807) is 25.2 Å². The van der Waals surface area contributed by atoms with Crippen LogP contribution in [0.25, 0.3) is 22.4 Å². The summed E-state index contributed by atoms with van der Waals surface area (Å²) in [6, 6.07) is 6.33. The second-order valence-corrected chi connectivity index (χ2v) is 3.99. The molecule has 0 spiro atoms. The number of carbonyl (C=O) groups is 1. The fourth-order valence-corrected chi connectivity index (χ4v) is 1.81. The predicted octanol–water partition coefficient (Wildman–Crippen LogP) is 1.48. The molecule has 96 valence electrons. The number of oxazole rings is 1. The van der Waals surface area contributed by atoms with Gasteiger partial charge in [-0.05, 0) is 12.1 Å². The van der Waals surface area contributed by atoms with Crippen molar-refractivity contribution in [1.82, 2.24) is 9.72 Å². The van der Waals surface area contributed by atoms with Crippen LogP contribution in [-0.4, -0.2) is 20.8 Å². The summed E-state index contributed by atoms with van der Waals surface area (Å²) in [6.45, 7) is 0. The van der Waals surface area contributed by atoms with E-state index in [2.05, 4.69) is 9.68 Å². The number of fused-ring (bicyclic) bond motifs is 1. The minimum absolute atomic E-state index is 0.246. The Morgan fingerprint density at radius 1 is 1.37 bits per heavy atom. The molecule has 7 nitrogen and oxygen atoms in total. The van der Waals surface area contributed by atoms with E-state index < -0.39 is 11.7 Å². The van der Waals surface area contributed by atoms with Crippen molar-refractivity contribution in [2.75, 3.05) is 0 Å². The van der Waals surface area contributed by atoms with E-state index in [-0.39, 0.29) is 5.76 Å². The van der Waals surface area contributed by atoms with Gasteiger partial charge in [-0.1, -0.05) is 11.2 Å². The summed E-state index contributed by atoms with van der Waals surface area (Å²) in [4.78, 5) is 22.1. The van der Waals surface area contributed by atoms with Crippen LogP contribution in [0.1, 0.15) is 10.6 Å². The fourth-order valence-electron chi connectivity index (χ4n) is 1.81. The van der Waals surface area contributed by atoms with Gasteiger partial charge in [-0.3, -0.25) is 4.57 Å². The molecule has 2 heterocycles. The van der Waals surface area contributed by atoms with Crippen LogP contribution >= 0.6 is 0 Å². The van der Waals surface area contributed by atoms with Crippen molar-refractivity contribution in [3.8, 4) is 11.3 Å². The third kappa shape index (κ3) is 1.71. The van der Waals surface area contributed by atoms with E-state index in [9.17, 15) is 9.59 Å². The molecule has 0 saturated heterocycles. The minimum atomic E-state index is -1.19. The summed E-state index contributed by atoms with van der Waals surface area (Å²) in [6.07, 6.45) is 0. The summed E-state index contributed by atoms with van der Waals surface area (Å²) >= 11 is 0. The maximum absolute atomic E-state index is 11.4. The number of carboxylic acid groups (broad SMARTS) is 1. The second kappa shape index (κ2) is 3.84. The first kappa shape index (κ1) is 11.3. The first-order valence-corrected chi connectivity index (χ1v) is 5.36. The van der Waals surface area contributed by atoms with Crippen LogP contribution in [0.3, 0.4) is 0 Å². The SMILES string of the molecule is Cn1c(=O)oc2cc(-c3cc(C(=O)O)on3)ccc21. The normalized spacial score (nSPS) is 11.0. The molecule has 0 aliphatic heterocycles. The van der Waals surface area contributed by atoms with Gasteiger partial charge in [0.25, 0.3) is 0 Å². The fraction of sp³-hybridized carbons (Fsp3) is 0.0833. The van der Waals surface area contributed by atoms with Crippen LogP contribution < -0.4 is 5.76 Å². The smallest absolute Gasteiger partial charge is 0.419 e. The lowest BCUT2D eigenvalue weighted by Crippen LogP contribution is -2.08. The number of aryl methyl sites for hydroxylation is 1. The highest BCUT2D eigenvalue weighted by Crippen LogP contribution is 2.23. The molecule has 1 aromatic carbocycles. The Morgan fingerprint density at radius 2 is 2.16 bits per heavy atom. The molecule has 3 rings (SSSR count). The molecular formula is C12H8N2O5. The Labute approximate surface area is 105 Å². The lowest BCUT2D eigenvalue weighted by atomic mass is 10.1. The number of hydrogen-bond acceptors (Lipinski definition) is 5. The number of rotatable bonds is 2. The first-order chi connectivity index (χ1) is 9.06. The topological polar surface area (TPSA) is 98.5 Å². The number of benzene rings is 1. The molecule has 19 heavy (non-hydrogen) atoms. The standard InChI is InChI=1S/C12H8N2O5/c1-14-8-3-2-6(4-9(8)18-12(14)17)7-5-10(11(15)16)19-13-7/h2-5H,1H3,(H,15,16). The molecule has 0 aliphatic carbocycles. The van der Waals surface area contributed by atoms with Gasteiger partial charge in [0.05, 0.1) is 5.52 Å². The second-order valence-electron chi connectivity index (χ2n) is 3.99. The number of hydrogen-bond donors (Lipinski definition) is 1. The summed E-state index contributed by atoms with van der Waals surface area (Å²) < 4.78 is 11.1. The Balaban J connectivity index is 2.14. The predicted molar refractivity (Wildman–Crippen MR) is 63.9 cm³/mol. The summed E-state index contributed by atoms with van der Waals surface area (Å²) in [5.74, 6) is -1.89. The summed E-state index contributed by atoms with van der Waals surface area (Å²) in [7, 11) is 1.60. The van der Waals surface area contributed by atoms with Crippen LogP contribution in [0, 0.1) is 0 Å². The molecule has 0 radical (unpaired) electrons. The van der Waals surface area contributed by atoms with Gasteiger partial charge < -0.3 is 14.0 Å². The highest BCUT2D eigenvalue weighted by Gasteiger charge is 2.14. The summed E-state index contributed by atoms with van der Waals surface area (Å²) in [5.41, 5.74) is 2.03. The molecule has 0 bridgehead atoms. The molecule has 0 amide bonds. The zero-order valence-corrected chi connectivity index (χ0v) is 9.78. The zero-order valence-electron chi connectivity index (χ0n) is 9.78. The van der Waals surface area contributed by atoms with Gasteiger partial charge in [-0.2, -0.15) is 0 Å². The Bertz CT molecular complexity index is 839. The molecule has 0 unspecified atom stereocenters. The van der Waals surface area contributed by atoms with E-state index >= 15 is 0 Å². The largest absolute Gasteiger partial charge is 0.475 e. The monoisotopic (exact) mass is 260 g/mol. The Hall–Kier alpha value is -2.83. The highest BCUT2D eigenvalue weighted by atomic mass is 16.5. The average Bonchev–Trinajstić information content (AvgIpc) is 2.96. The molecule has 7 heteroatoms. The number of nitrogens with zero attached hydrogens (tertiary/aromatic N) is 2. The molecule has 2 aromatic heterocycles. The molecule has 0 atom stereocenters. The van der Waals surface area contributed by atoms with E-state index in [0.717, 1.165) is 0 Å². The molecule has 0 fully saturated rings. The average molecular weight is 260 g/mol. The van der Waals surface area contributed by atoms with Crippen molar-refractivity contribution in [2.24, 2.45) is 7.05 Å². The maximum Gasteiger partial charge on any atom is 0.419 e. The van der Waals surface area contributed by atoms with Crippen molar-refractivity contribution >= 4 is 17.1 Å². The molecule has 1 N–H and O–H groups in total. The van der Waals surface area contributed by atoms with Gasteiger partial charge in [0, 0.05) is 18.7 Å². The number of aromatic carboxylic acids is 1. The maximum atomic E-state index is 11.4. The zero-order chi connectivity index (χ0) is 13.6.